The summed E-state index contributed by atoms with van der Waals surface area (Å²) in [4.78, 5) is 10.1. The number of carboxylic acids is 1. The minimum atomic E-state index is -11.0. The van der Waals surface area contributed by atoms with Gasteiger partial charge in [0.05, 0.1) is 0 Å². The molecule has 5 unspecified atom stereocenters. The highest BCUT2D eigenvalue weighted by molar-refractivity contribution is 6.24. The molecule has 1 N–H and O–H groups in total. The van der Waals surface area contributed by atoms with Gasteiger partial charge in [-0.15, -0.1) is 0 Å². The van der Waals surface area contributed by atoms with Crippen LogP contribution in [0.15, 0.2) is 0 Å². The number of aliphatic carboxylic acids is 1. The number of rotatable bonds is 13. The number of carbonyl (C=O) groups is 1. The van der Waals surface area contributed by atoms with Crippen molar-refractivity contribution in [2.45, 2.75) is 95.0 Å². The molecule has 0 aliphatic heterocycles. The van der Waals surface area contributed by atoms with E-state index in [9.17, 15) is 145 Å². The lowest BCUT2D eigenvalue weighted by Gasteiger charge is -2.52. The molecule has 0 amide bonds. The van der Waals surface area contributed by atoms with E-state index in [2.05, 4.69) is 11.6 Å². The van der Waals surface area contributed by atoms with E-state index in [0.29, 0.717) is 0 Å². The SMILES string of the molecule is O=C(O)C(F)(F)OC(F)(C(F)(F)F)C(F)(F)C(F)(C(F)(F)F)C(F)(F)C(F)(C(F)(F)F)C(F)(F)C(F)(C(F)(F)F)C(F)(F)OC(F)(F)C(F)(Cl)C(F)(F)F. The van der Waals surface area contributed by atoms with E-state index in [4.69, 9.17) is 5.11 Å². The lowest BCUT2D eigenvalue weighted by molar-refractivity contribution is -0.530. The second-order valence-corrected chi connectivity index (χ2v) is 9.94. The first kappa shape index (κ1) is 51.4. The largest absolute Gasteiger partial charge is 0.475 e. The van der Waals surface area contributed by atoms with Crippen molar-refractivity contribution in [2.75, 3.05) is 0 Å². The number of ether oxygens (including phenoxy) is 2. The highest BCUT2D eigenvalue weighted by Gasteiger charge is 3.05. The number of hydrogen-bond acceptors (Lipinski definition) is 3. The molecule has 0 saturated carbocycles. The summed E-state index contributed by atoms with van der Waals surface area (Å²) in [6, 6.07) is 0. The highest BCUT2D eigenvalue weighted by atomic mass is 35.5. The van der Waals surface area contributed by atoms with Crippen molar-refractivity contribution >= 4 is 17.6 Å². The van der Waals surface area contributed by atoms with Gasteiger partial charge in [0.2, 0.25) is 0 Å². The summed E-state index contributed by atoms with van der Waals surface area (Å²) in [6.45, 7) is 0. The molecule has 37 heteroatoms. The van der Waals surface area contributed by atoms with Crippen molar-refractivity contribution in [3.05, 3.63) is 0 Å². The van der Waals surface area contributed by atoms with E-state index in [1.54, 1.807) is 0 Å². The fourth-order valence-corrected chi connectivity index (χ4v) is 3.35. The Bertz CT molecular complexity index is 1390. The zero-order valence-corrected chi connectivity index (χ0v) is 23.4. The molecule has 0 spiro atoms. The zero-order chi connectivity index (χ0) is 45.0. The summed E-state index contributed by atoms with van der Waals surface area (Å²) in [5.74, 6) is -46.5. The first-order valence-electron chi connectivity index (χ1n) is 11.0. The Morgan fingerprint density at radius 1 is 0.370 bits per heavy atom. The predicted molar refractivity (Wildman–Crippen MR) is 94.8 cm³/mol. The van der Waals surface area contributed by atoms with E-state index in [0.717, 1.165) is 9.47 Å². The smallest absolute Gasteiger partial charge is 0.459 e. The number of alkyl halides is 33. The van der Waals surface area contributed by atoms with Crippen LogP contribution in [0.3, 0.4) is 0 Å². The Balaban J connectivity index is 8.94. The molecule has 0 fully saturated rings. The zero-order valence-electron chi connectivity index (χ0n) is 22.6. The number of halogens is 33. The summed E-state index contributed by atoms with van der Waals surface area (Å²) in [5, 5.41) is 0.0764. The van der Waals surface area contributed by atoms with E-state index in [-0.39, 0.29) is 0 Å². The molecular formula is C17HClF32O4. The predicted octanol–water partition coefficient (Wildman–Crippen LogP) is 10.3. The van der Waals surface area contributed by atoms with E-state index >= 15 is 0 Å². The van der Waals surface area contributed by atoms with Crippen molar-refractivity contribution in [3.63, 3.8) is 0 Å². The Hall–Kier alpha value is -2.56. The summed E-state index contributed by atoms with van der Waals surface area (Å²) in [5.41, 5.74) is -32.2. The van der Waals surface area contributed by atoms with Gasteiger partial charge in [-0.1, -0.05) is 11.6 Å². The van der Waals surface area contributed by atoms with Gasteiger partial charge >= 0.3 is 101 Å². The topological polar surface area (TPSA) is 55.8 Å². The molecule has 0 heterocycles. The van der Waals surface area contributed by atoms with Gasteiger partial charge in [0, 0.05) is 0 Å². The normalized spacial score (nSPS) is 21.4. The van der Waals surface area contributed by atoms with Crippen LogP contribution in [0.5, 0.6) is 0 Å². The lowest BCUT2D eigenvalue weighted by atomic mass is 9.70. The van der Waals surface area contributed by atoms with Crippen molar-refractivity contribution in [3.8, 4) is 0 Å². The Kier molecular flexibility index (Phi) is 12.1. The second-order valence-electron chi connectivity index (χ2n) is 9.42. The van der Waals surface area contributed by atoms with Crippen LogP contribution in [0.4, 0.5) is 140 Å². The summed E-state index contributed by atoms with van der Waals surface area (Å²) < 4.78 is 439. The molecule has 0 aromatic heterocycles. The van der Waals surface area contributed by atoms with Gasteiger partial charge < -0.3 is 5.11 Å². The van der Waals surface area contributed by atoms with Crippen LogP contribution in [0, 0.1) is 0 Å². The first-order chi connectivity index (χ1) is 22.6. The Labute approximate surface area is 273 Å². The molecule has 0 aromatic carbocycles. The Morgan fingerprint density at radius 2 is 0.648 bits per heavy atom. The van der Waals surface area contributed by atoms with Gasteiger partial charge in [-0.05, 0) is 0 Å². The molecule has 0 bridgehead atoms. The third kappa shape index (κ3) is 6.61. The van der Waals surface area contributed by atoms with Gasteiger partial charge in [0.25, 0.3) is 0 Å². The van der Waals surface area contributed by atoms with Crippen LogP contribution in [-0.4, -0.2) is 106 Å². The third-order valence-corrected chi connectivity index (χ3v) is 6.43. The minimum absolute atomic E-state index is 0.732. The van der Waals surface area contributed by atoms with Crippen molar-refractivity contribution in [1.29, 1.82) is 0 Å². The molecule has 0 aliphatic carbocycles. The molecule has 0 saturated heterocycles. The molecule has 0 rings (SSSR count). The highest BCUT2D eigenvalue weighted by Crippen LogP contribution is 2.72. The van der Waals surface area contributed by atoms with Crippen LogP contribution in [0.2, 0.25) is 0 Å². The average Bonchev–Trinajstić information content (AvgIpc) is 2.86. The van der Waals surface area contributed by atoms with Crippen molar-refractivity contribution in [2.24, 2.45) is 0 Å². The third-order valence-electron chi connectivity index (χ3n) is 6.00. The lowest BCUT2D eigenvalue weighted by Crippen LogP contribution is -2.86. The van der Waals surface area contributed by atoms with E-state index in [1.165, 1.54) is 0 Å². The van der Waals surface area contributed by atoms with Crippen molar-refractivity contribution in [1.82, 2.24) is 0 Å². The quantitative estimate of drug-likeness (QED) is 0.148. The van der Waals surface area contributed by atoms with Crippen LogP contribution in [0.1, 0.15) is 0 Å². The maximum Gasteiger partial charge on any atom is 0.459 e. The Morgan fingerprint density at radius 3 is 0.889 bits per heavy atom. The van der Waals surface area contributed by atoms with Crippen LogP contribution in [0.25, 0.3) is 0 Å². The van der Waals surface area contributed by atoms with Crippen LogP contribution >= 0.6 is 11.6 Å². The second kappa shape index (κ2) is 12.7. The summed E-state index contributed by atoms with van der Waals surface area (Å²) in [6.07, 6.45) is -72.5. The molecule has 5 atom stereocenters. The van der Waals surface area contributed by atoms with Gasteiger partial charge in [0.1, 0.15) is 0 Å². The standard InChI is InChI=1S/C17HClF32O4/c18-6(24,14(41,42)43)17(49,50)54-16(47,48)5(23,13(38,39)40)8(27,28)3(21,11(32,33)34)7(25,26)4(22,12(35,36)37)9(29,30)10(31,15(44,45)46)53-2(19,20)1(51)52/h(H,51,52). The average molecular weight is 913 g/mol. The summed E-state index contributed by atoms with van der Waals surface area (Å²) in [7, 11) is 0. The molecular weight excluding hydrogens is 912 g/mol. The monoisotopic (exact) mass is 912 g/mol. The van der Waals surface area contributed by atoms with Gasteiger partial charge in [-0.25, -0.2) is 27.1 Å². The van der Waals surface area contributed by atoms with Gasteiger partial charge in [-0.2, -0.15) is 123 Å². The summed E-state index contributed by atoms with van der Waals surface area (Å²) >= 11 is 3.28. The minimum Gasteiger partial charge on any atom is -0.475 e. The van der Waals surface area contributed by atoms with Crippen LogP contribution < -0.4 is 0 Å². The fraction of sp³-hybridized carbons (Fsp3) is 0.941. The van der Waals surface area contributed by atoms with Crippen molar-refractivity contribution < 1.29 is 160 Å². The molecule has 0 aromatic rings. The van der Waals surface area contributed by atoms with E-state index in [1.807, 2.05) is 0 Å². The van der Waals surface area contributed by atoms with Gasteiger partial charge in [-0.3, -0.25) is 4.74 Å². The van der Waals surface area contributed by atoms with E-state index < -0.39 is 101 Å². The molecule has 4 nitrogen and oxygen atoms in total. The molecule has 324 valence electrons. The first-order valence-corrected chi connectivity index (χ1v) is 11.4. The number of hydrogen-bond donors (Lipinski definition) is 1. The maximum absolute atomic E-state index is 15.0. The fourth-order valence-electron chi connectivity index (χ4n) is 3.31. The molecule has 0 aliphatic rings. The number of carboxylic acid groups (broad SMARTS) is 1. The van der Waals surface area contributed by atoms with Crippen LogP contribution in [-0.2, 0) is 14.3 Å². The molecule has 54 heavy (non-hydrogen) atoms. The van der Waals surface area contributed by atoms with Gasteiger partial charge in [0.15, 0.2) is 0 Å². The molecule has 0 radical (unpaired) electrons. The maximum atomic E-state index is 15.0.